The zero-order valence-corrected chi connectivity index (χ0v) is 13.4. The van der Waals surface area contributed by atoms with Crippen LogP contribution in [0.15, 0.2) is 11.5 Å². The minimum atomic E-state index is -0.888. The van der Waals surface area contributed by atoms with Crippen LogP contribution in [0.3, 0.4) is 0 Å². The van der Waals surface area contributed by atoms with E-state index in [0.717, 1.165) is 36.4 Å². The fraction of sp³-hybridized carbons (Fsp3) is 0.562. The van der Waals surface area contributed by atoms with Gasteiger partial charge in [0.15, 0.2) is 0 Å². The quantitative estimate of drug-likeness (QED) is 0.869. The van der Waals surface area contributed by atoms with Crippen LogP contribution in [0.2, 0.25) is 0 Å². The average molecular weight is 320 g/mol. The second kappa shape index (κ2) is 6.20. The third kappa shape index (κ3) is 2.92. The summed E-state index contributed by atoms with van der Waals surface area (Å²) in [6, 6.07) is -0.591. The van der Waals surface area contributed by atoms with Gasteiger partial charge in [0.25, 0.3) is 0 Å². The fourth-order valence-electron chi connectivity index (χ4n) is 3.70. The molecule has 2 heterocycles. The van der Waals surface area contributed by atoms with Crippen LogP contribution in [0.5, 0.6) is 0 Å². The molecule has 5 nitrogen and oxygen atoms in total. The van der Waals surface area contributed by atoms with E-state index in [-0.39, 0.29) is 11.9 Å². The number of hydrogen-bond acceptors (Lipinski definition) is 4. The Morgan fingerprint density at radius 2 is 2.18 bits per heavy atom. The Labute approximate surface area is 133 Å². The van der Waals surface area contributed by atoms with E-state index in [1.54, 1.807) is 11.0 Å². The first-order valence-corrected chi connectivity index (χ1v) is 8.59. The van der Waals surface area contributed by atoms with Gasteiger partial charge < -0.3 is 10.0 Å². The predicted octanol–water partition coefficient (Wildman–Crippen LogP) is 2.71. The lowest BCUT2D eigenvalue weighted by Gasteiger charge is -2.32. The molecule has 1 N–H and O–H groups in total. The Hall–Kier alpha value is -1.69. The SMILES string of the molecule is Cc1nc(C=CC(=O)N2C(C(=O)O)CC3CCCCC32)cs1. The highest BCUT2D eigenvalue weighted by molar-refractivity contribution is 7.09. The molecule has 3 unspecified atom stereocenters. The summed E-state index contributed by atoms with van der Waals surface area (Å²) in [7, 11) is 0. The van der Waals surface area contributed by atoms with Crippen molar-refractivity contribution in [2.75, 3.05) is 0 Å². The van der Waals surface area contributed by atoms with Crippen molar-refractivity contribution >= 4 is 29.3 Å². The first kappa shape index (κ1) is 15.2. The number of carbonyl (C=O) groups is 2. The minimum Gasteiger partial charge on any atom is -0.480 e. The fourth-order valence-corrected chi connectivity index (χ4v) is 4.28. The molecule has 0 spiro atoms. The van der Waals surface area contributed by atoms with Gasteiger partial charge in [0.1, 0.15) is 6.04 Å². The van der Waals surface area contributed by atoms with Crippen molar-refractivity contribution in [2.24, 2.45) is 5.92 Å². The first-order chi connectivity index (χ1) is 10.6. The van der Waals surface area contributed by atoms with Gasteiger partial charge in [-0.1, -0.05) is 12.8 Å². The molecule has 1 saturated carbocycles. The van der Waals surface area contributed by atoms with E-state index in [4.69, 9.17) is 0 Å². The van der Waals surface area contributed by atoms with E-state index in [1.165, 1.54) is 17.4 Å². The highest BCUT2D eigenvalue weighted by Gasteiger charge is 2.46. The van der Waals surface area contributed by atoms with Crippen LogP contribution in [0.25, 0.3) is 6.08 Å². The number of aliphatic carboxylic acids is 1. The molecule has 1 saturated heterocycles. The van der Waals surface area contributed by atoms with Gasteiger partial charge in [-0.05, 0) is 38.2 Å². The molecule has 1 aromatic rings. The molecule has 3 atom stereocenters. The summed E-state index contributed by atoms with van der Waals surface area (Å²) in [5, 5.41) is 12.3. The monoisotopic (exact) mass is 320 g/mol. The van der Waals surface area contributed by atoms with E-state index < -0.39 is 12.0 Å². The summed E-state index contributed by atoms with van der Waals surface area (Å²) in [4.78, 5) is 29.9. The highest BCUT2D eigenvalue weighted by atomic mass is 32.1. The Bertz CT molecular complexity index is 610. The standard InChI is InChI=1S/C16H20N2O3S/c1-10-17-12(9-22-10)6-7-15(19)18-13-5-3-2-4-11(13)8-14(18)16(20)21/h6-7,9,11,13-14H,2-5,8H2,1H3,(H,20,21). The average Bonchev–Trinajstić information content (AvgIpc) is 3.08. The van der Waals surface area contributed by atoms with Crippen molar-refractivity contribution in [3.63, 3.8) is 0 Å². The summed E-state index contributed by atoms with van der Waals surface area (Å²) >= 11 is 1.53. The van der Waals surface area contributed by atoms with Crippen molar-refractivity contribution in [1.29, 1.82) is 0 Å². The molecule has 22 heavy (non-hydrogen) atoms. The number of aryl methyl sites for hydroxylation is 1. The minimum absolute atomic E-state index is 0.0872. The van der Waals surface area contributed by atoms with Gasteiger partial charge in [0.2, 0.25) is 5.91 Å². The summed E-state index contributed by atoms with van der Waals surface area (Å²) in [6.45, 7) is 1.91. The molecule has 2 aliphatic rings. The largest absolute Gasteiger partial charge is 0.480 e. The molecule has 1 amide bonds. The lowest BCUT2D eigenvalue weighted by molar-refractivity contribution is -0.147. The van der Waals surface area contributed by atoms with Crippen molar-refractivity contribution in [3.05, 3.63) is 22.2 Å². The predicted molar refractivity (Wildman–Crippen MR) is 84.5 cm³/mol. The Kier molecular flexibility index (Phi) is 4.29. The van der Waals surface area contributed by atoms with Gasteiger partial charge in [-0.3, -0.25) is 4.79 Å². The van der Waals surface area contributed by atoms with E-state index >= 15 is 0 Å². The number of carboxylic acids is 1. The van der Waals surface area contributed by atoms with Crippen LogP contribution in [0, 0.1) is 12.8 Å². The van der Waals surface area contributed by atoms with Gasteiger partial charge >= 0.3 is 5.97 Å². The van der Waals surface area contributed by atoms with Crippen molar-refractivity contribution in [3.8, 4) is 0 Å². The molecule has 2 fully saturated rings. The second-order valence-electron chi connectivity index (χ2n) is 6.07. The van der Waals surface area contributed by atoms with Crippen LogP contribution in [-0.4, -0.2) is 39.0 Å². The van der Waals surface area contributed by atoms with Crippen molar-refractivity contribution < 1.29 is 14.7 Å². The molecule has 1 aromatic heterocycles. The third-order valence-electron chi connectivity index (χ3n) is 4.66. The number of rotatable bonds is 3. The van der Waals surface area contributed by atoms with Gasteiger partial charge in [0, 0.05) is 17.5 Å². The lowest BCUT2D eigenvalue weighted by atomic mass is 9.85. The molecule has 1 aliphatic carbocycles. The number of thiazole rings is 1. The van der Waals surface area contributed by atoms with Crippen molar-refractivity contribution in [1.82, 2.24) is 9.88 Å². The number of likely N-dealkylation sites (tertiary alicyclic amines) is 1. The van der Waals surface area contributed by atoms with E-state index in [0.29, 0.717) is 12.3 Å². The van der Waals surface area contributed by atoms with Crippen LogP contribution >= 0.6 is 11.3 Å². The van der Waals surface area contributed by atoms with Crippen LogP contribution < -0.4 is 0 Å². The van der Waals surface area contributed by atoms with Gasteiger partial charge in [-0.15, -0.1) is 11.3 Å². The van der Waals surface area contributed by atoms with Gasteiger partial charge in [-0.2, -0.15) is 0 Å². The summed E-state index contributed by atoms with van der Waals surface area (Å²) in [5.74, 6) is -0.748. The number of carbonyl (C=O) groups excluding carboxylic acids is 1. The Morgan fingerprint density at radius 3 is 2.86 bits per heavy atom. The molecule has 0 aromatic carbocycles. The molecule has 1 aliphatic heterocycles. The topological polar surface area (TPSA) is 70.5 Å². The molecule has 0 radical (unpaired) electrons. The maximum absolute atomic E-state index is 12.5. The molecule has 0 bridgehead atoms. The van der Waals surface area contributed by atoms with E-state index in [9.17, 15) is 14.7 Å². The summed E-state index contributed by atoms with van der Waals surface area (Å²) in [5.41, 5.74) is 0.752. The molecular formula is C16H20N2O3S. The second-order valence-corrected chi connectivity index (χ2v) is 7.13. The lowest BCUT2D eigenvalue weighted by Crippen LogP contribution is -2.45. The first-order valence-electron chi connectivity index (χ1n) is 7.71. The van der Waals surface area contributed by atoms with E-state index in [2.05, 4.69) is 4.98 Å². The maximum Gasteiger partial charge on any atom is 0.326 e. The number of amides is 1. The van der Waals surface area contributed by atoms with E-state index in [1.807, 2.05) is 12.3 Å². The number of nitrogens with zero attached hydrogens (tertiary/aromatic N) is 2. The summed E-state index contributed by atoms with van der Waals surface area (Å²) < 4.78 is 0. The molecule has 118 valence electrons. The Morgan fingerprint density at radius 1 is 1.41 bits per heavy atom. The van der Waals surface area contributed by atoms with Crippen LogP contribution in [-0.2, 0) is 9.59 Å². The Balaban J connectivity index is 1.78. The third-order valence-corrected chi connectivity index (χ3v) is 5.45. The van der Waals surface area contributed by atoms with Gasteiger partial charge in [-0.25, -0.2) is 9.78 Å². The number of carboxylic acid groups (broad SMARTS) is 1. The number of hydrogen-bond donors (Lipinski definition) is 1. The van der Waals surface area contributed by atoms with Crippen LogP contribution in [0.4, 0.5) is 0 Å². The summed E-state index contributed by atoms with van der Waals surface area (Å²) in [6.07, 6.45) is 7.92. The molecule has 3 rings (SSSR count). The molecular weight excluding hydrogens is 300 g/mol. The molecule has 6 heteroatoms. The van der Waals surface area contributed by atoms with Gasteiger partial charge in [0.05, 0.1) is 10.7 Å². The highest BCUT2D eigenvalue weighted by Crippen LogP contribution is 2.39. The van der Waals surface area contributed by atoms with Crippen molar-refractivity contribution in [2.45, 2.75) is 51.1 Å². The van der Waals surface area contributed by atoms with Crippen LogP contribution in [0.1, 0.15) is 42.8 Å². The maximum atomic E-state index is 12.5. The zero-order valence-electron chi connectivity index (χ0n) is 12.6. The number of aromatic nitrogens is 1. The smallest absolute Gasteiger partial charge is 0.326 e. The normalized spacial score (nSPS) is 28.0. The zero-order chi connectivity index (χ0) is 15.7. The number of fused-ring (bicyclic) bond motifs is 1.